The van der Waals surface area contributed by atoms with E-state index in [1.54, 1.807) is 36.4 Å². The molecule has 7 rings (SSSR count). The van der Waals surface area contributed by atoms with Gasteiger partial charge in [-0.1, -0.05) is 30.3 Å². The average molecular weight is 916 g/mol. The number of azo groups is 3. The highest BCUT2D eigenvalue weighted by molar-refractivity contribution is 7.86. The van der Waals surface area contributed by atoms with Gasteiger partial charge in [0.2, 0.25) is 0 Å². The van der Waals surface area contributed by atoms with Crippen molar-refractivity contribution in [3.63, 3.8) is 0 Å². The van der Waals surface area contributed by atoms with Gasteiger partial charge in [0.15, 0.2) is 11.4 Å². The number of aromatic hydroxyl groups is 2. The van der Waals surface area contributed by atoms with E-state index in [0.717, 1.165) is 24.3 Å². The molecular weight excluding hydrogens is 887 g/mol. The van der Waals surface area contributed by atoms with Crippen LogP contribution in [0, 0.1) is 5.21 Å². The van der Waals surface area contributed by atoms with E-state index in [1.165, 1.54) is 48.5 Å². The monoisotopic (exact) mass is 915 g/mol. The highest BCUT2D eigenvalue weighted by Crippen LogP contribution is 2.48. The van der Waals surface area contributed by atoms with E-state index >= 15 is 0 Å². The smallest absolute Gasteiger partial charge is 0.296 e. The summed E-state index contributed by atoms with van der Waals surface area (Å²) >= 11 is 0. The van der Waals surface area contributed by atoms with Gasteiger partial charge < -0.3 is 26.9 Å². The number of fused-ring (bicyclic) bond motifs is 2. The maximum absolute atomic E-state index is 12.5. The predicted octanol–water partition coefficient (Wildman–Crippen LogP) is 7.63. The van der Waals surface area contributed by atoms with Crippen LogP contribution in [0.15, 0.2) is 155 Å². The number of nitrogens with one attached hydrogen (secondary N) is 1. The molecule has 0 spiro atoms. The summed E-state index contributed by atoms with van der Waals surface area (Å²) in [6.45, 7) is 0. The number of benzene rings is 7. The summed E-state index contributed by atoms with van der Waals surface area (Å²) in [4.78, 5) is -2.46. The molecule has 322 valence electrons. The molecule has 1 unspecified atom stereocenters. The third-order valence-corrected chi connectivity index (χ3v) is 11.8. The summed E-state index contributed by atoms with van der Waals surface area (Å²) in [5.74, 6) is -1.46. The lowest BCUT2D eigenvalue weighted by atomic mass is 10.0. The highest BCUT2D eigenvalue weighted by Gasteiger charge is 2.28. The topological polar surface area (TPSA) is 378 Å². The second-order valence-corrected chi connectivity index (χ2v) is 17.5. The van der Waals surface area contributed by atoms with Crippen molar-refractivity contribution in [3.8, 4) is 22.6 Å². The van der Waals surface area contributed by atoms with E-state index in [0.29, 0.717) is 16.8 Å². The summed E-state index contributed by atoms with van der Waals surface area (Å²) < 4.78 is 103. The van der Waals surface area contributed by atoms with E-state index in [2.05, 4.69) is 30.7 Å². The largest absolute Gasteiger partial charge is 0.595 e. The molecule has 1 atom stereocenters. The Morgan fingerprint density at radius 1 is 0.508 bits per heavy atom. The van der Waals surface area contributed by atoms with Gasteiger partial charge in [-0.05, 0) is 82.6 Å². The summed E-state index contributed by atoms with van der Waals surface area (Å²) in [6, 6.07) is 24.2. The summed E-state index contributed by atoms with van der Waals surface area (Å²) in [5.41, 5.74) is 12.3. The van der Waals surface area contributed by atoms with E-state index < -0.39 is 84.2 Å². The zero-order valence-corrected chi connectivity index (χ0v) is 33.9. The Morgan fingerprint density at radius 2 is 0.968 bits per heavy atom. The van der Waals surface area contributed by atoms with Crippen LogP contribution < -0.4 is 16.7 Å². The van der Waals surface area contributed by atoms with Gasteiger partial charge in [-0.3, -0.25) is 13.7 Å². The summed E-state index contributed by atoms with van der Waals surface area (Å²) in [5, 5.41) is 64.5. The van der Waals surface area contributed by atoms with Crippen molar-refractivity contribution in [2.24, 2.45) is 30.7 Å². The third kappa shape index (κ3) is 9.16. The normalized spacial score (nSPS) is 13.2. The Bertz CT molecular complexity index is 3420. The summed E-state index contributed by atoms with van der Waals surface area (Å²) in [6.07, 6.45) is 0. The molecule has 0 saturated carbocycles. The molecule has 0 aliphatic carbocycles. The lowest BCUT2D eigenvalue weighted by Crippen LogP contribution is -2.99. The molecular formula is C38H29N9O13S3. The average Bonchev–Trinajstić information content (AvgIpc) is 3.22. The SMILES string of the molecule is Nc1ccc2cc(S(=O)(=O)O)cc(O)c2c1N=Nc1ccc(-c2ccc(N=Nc3c(S(=O)(=O)O)cc4cc(S(=O)(=O)O)c(N=Nc5ccc([NH+]([O-])O)cc5)c(N)c4c3O)cc2)cc1. The molecule has 7 aromatic carbocycles. The maximum Gasteiger partial charge on any atom is 0.296 e. The Hall–Kier alpha value is -7.33. The fraction of sp³-hybridized carbons (Fsp3) is 0. The van der Waals surface area contributed by atoms with Crippen LogP contribution >= 0.6 is 0 Å². The molecule has 22 nitrogen and oxygen atoms in total. The van der Waals surface area contributed by atoms with Crippen LogP contribution in [0.3, 0.4) is 0 Å². The molecule has 0 heterocycles. The Morgan fingerprint density at radius 3 is 1.44 bits per heavy atom. The fourth-order valence-corrected chi connectivity index (χ4v) is 8.08. The van der Waals surface area contributed by atoms with Gasteiger partial charge in [-0.2, -0.15) is 45.8 Å². The minimum absolute atomic E-state index is 0.0431. The molecule has 0 radical (unpaired) electrons. The summed E-state index contributed by atoms with van der Waals surface area (Å²) in [7, 11) is -14.9. The van der Waals surface area contributed by atoms with Crippen molar-refractivity contribution in [1.82, 2.24) is 0 Å². The number of nitrogens with two attached hydrogens (primary N) is 2. The standard InChI is InChI=1S/C38H29N9O13S3/c39-28-14-5-21-15-27(61(52,53)54)18-29(48)32(21)35(28)44-41-23-6-1-19(2-7-23)20-3-8-24(9-4-20)43-46-37-31(63(58,59)60)17-22-16-30(62(55,56)57)36(34(40)33(22)38(37)49)45-42-25-10-12-26(13-11-25)47(50)51/h1-18,47-50H,39-40H2,(H,52,53,54)(H,55,56,57)(H,58,59,60). The lowest BCUT2D eigenvalue weighted by molar-refractivity contribution is -0.991. The van der Waals surface area contributed by atoms with Gasteiger partial charge >= 0.3 is 0 Å². The second-order valence-electron chi connectivity index (χ2n) is 13.3. The molecule has 7 aromatic rings. The number of quaternary nitrogens is 1. The van der Waals surface area contributed by atoms with Crippen LogP contribution in [0.1, 0.15) is 0 Å². The first-order valence-corrected chi connectivity index (χ1v) is 21.8. The first-order chi connectivity index (χ1) is 29.6. The molecule has 0 aromatic heterocycles. The van der Waals surface area contributed by atoms with Crippen molar-refractivity contribution in [3.05, 3.63) is 114 Å². The van der Waals surface area contributed by atoms with Gasteiger partial charge in [-0.15, -0.1) is 15.3 Å². The Balaban J connectivity index is 1.18. The second kappa shape index (κ2) is 16.5. The Labute approximate surface area is 355 Å². The van der Waals surface area contributed by atoms with Crippen molar-refractivity contribution in [1.29, 1.82) is 0 Å². The number of phenolic OH excluding ortho intramolecular Hbond substituents is 2. The minimum atomic E-state index is -5.18. The molecule has 0 aliphatic heterocycles. The molecule has 0 saturated heterocycles. The van der Waals surface area contributed by atoms with Crippen molar-refractivity contribution < 1.29 is 59.6 Å². The van der Waals surface area contributed by atoms with Crippen LogP contribution in [0.4, 0.5) is 51.2 Å². The van der Waals surface area contributed by atoms with Crippen LogP contribution in [0.2, 0.25) is 0 Å². The molecule has 0 fully saturated rings. The minimum Gasteiger partial charge on any atom is -0.595 e. The zero-order valence-electron chi connectivity index (χ0n) is 31.5. The van der Waals surface area contributed by atoms with Gasteiger partial charge in [0.1, 0.15) is 32.6 Å². The number of phenols is 2. The third-order valence-electron chi connectivity index (χ3n) is 9.22. The number of hydrogen-bond donors (Lipinski definition) is 9. The van der Waals surface area contributed by atoms with E-state index in [4.69, 9.17) is 16.7 Å². The molecule has 63 heavy (non-hydrogen) atoms. The Kier molecular flexibility index (Phi) is 11.5. The van der Waals surface area contributed by atoms with Gasteiger partial charge in [0.25, 0.3) is 30.4 Å². The van der Waals surface area contributed by atoms with E-state index in [9.17, 15) is 54.3 Å². The van der Waals surface area contributed by atoms with E-state index in [-0.39, 0.29) is 44.6 Å². The number of nitrogens with zero attached hydrogens (tertiary/aromatic N) is 6. The maximum atomic E-state index is 12.5. The van der Waals surface area contributed by atoms with Crippen LogP contribution in [-0.2, 0) is 30.4 Å². The first-order valence-electron chi connectivity index (χ1n) is 17.5. The molecule has 11 N–H and O–H groups in total. The fourth-order valence-electron chi connectivity index (χ4n) is 6.21. The number of rotatable bonds is 11. The van der Waals surface area contributed by atoms with Crippen molar-refractivity contribution >= 4 is 103 Å². The van der Waals surface area contributed by atoms with Crippen LogP contribution in [-0.4, -0.2) is 54.3 Å². The predicted molar refractivity (Wildman–Crippen MR) is 226 cm³/mol. The highest BCUT2D eigenvalue weighted by atomic mass is 32.2. The quantitative estimate of drug-likeness (QED) is 0.0261. The van der Waals surface area contributed by atoms with E-state index in [1.807, 2.05) is 0 Å². The van der Waals surface area contributed by atoms with Crippen molar-refractivity contribution in [2.75, 3.05) is 11.5 Å². The number of nitrogen functional groups attached to an aromatic ring is 2. The zero-order chi connectivity index (χ0) is 45.6. The van der Waals surface area contributed by atoms with Gasteiger partial charge in [-0.25, -0.2) is 5.21 Å². The molecule has 0 aliphatic rings. The number of anilines is 2. The molecule has 0 bridgehead atoms. The van der Waals surface area contributed by atoms with Crippen LogP contribution in [0.25, 0.3) is 32.7 Å². The van der Waals surface area contributed by atoms with Crippen molar-refractivity contribution in [2.45, 2.75) is 14.7 Å². The molecule has 25 heteroatoms. The van der Waals surface area contributed by atoms with Gasteiger partial charge in [0, 0.05) is 18.2 Å². The van der Waals surface area contributed by atoms with Crippen LogP contribution in [0.5, 0.6) is 11.5 Å². The number of hydrogen-bond acceptors (Lipinski definition) is 18. The van der Waals surface area contributed by atoms with Gasteiger partial charge in [0.05, 0.1) is 44.1 Å². The molecule has 0 amide bonds. The first kappa shape index (κ1) is 43.7. The lowest BCUT2D eigenvalue weighted by Gasteiger charge is -2.14.